The Labute approximate surface area is 179 Å². The van der Waals surface area contributed by atoms with Crippen molar-refractivity contribution in [2.45, 2.75) is 33.7 Å². The van der Waals surface area contributed by atoms with Crippen LogP contribution in [0, 0.1) is 20.8 Å². The van der Waals surface area contributed by atoms with E-state index in [4.69, 9.17) is 0 Å². The van der Waals surface area contributed by atoms with E-state index in [1.807, 2.05) is 32.9 Å². The highest BCUT2D eigenvalue weighted by atomic mass is 16.2. The van der Waals surface area contributed by atoms with Crippen LogP contribution < -0.4 is 5.32 Å². The van der Waals surface area contributed by atoms with E-state index >= 15 is 0 Å². The van der Waals surface area contributed by atoms with Crippen molar-refractivity contribution < 1.29 is 14.4 Å². The summed E-state index contributed by atoms with van der Waals surface area (Å²) in [5.74, 6) is -0.557. The van der Waals surface area contributed by atoms with Crippen LogP contribution in [-0.4, -0.2) is 49.4 Å². The quantitative estimate of drug-likeness (QED) is 0.614. The molecule has 0 radical (unpaired) electrons. The molecule has 0 saturated heterocycles. The van der Waals surface area contributed by atoms with Gasteiger partial charge in [-0.1, -0.05) is 29.8 Å². The molecule has 3 amide bonds. The number of benzene rings is 2. The van der Waals surface area contributed by atoms with E-state index in [0.717, 1.165) is 22.4 Å². The molecular formula is C22H22N6O3. The molecule has 1 aliphatic rings. The summed E-state index contributed by atoms with van der Waals surface area (Å²) in [6, 6.07) is 10.7. The minimum absolute atomic E-state index is 0.0905. The first-order chi connectivity index (χ1) is 14.8. The molecule has 4 rings (SSSR count). The second-order valence-corrected chi connectivity index (χ2v) is 7.62. The van der Waals surface area contributed by atoms with Crippen LogP contribution >= 0.6 is 0 Å². The number of fused-ring (bicyclic) bond motifs is 1. The van der Waals surface area contributed by atoms with E-state index in [-0.39, 0.29) is 37.2 Å². The standard InChI is InChI=1S/C22H22N6O3/c1-13-10-14(2)20(15(3)11-13)23-19(29)12-28-25-18(24-26-28)8-9-27-21(30)16-6-4-5-7-17(16)22(27)31/h4-7,10-11H,8-9,12H2,1-3H3,(H,23,29). The van der Waals surface area contributed by atoms with Gasteiger partial charge in [-0.2, -0.15) is 4.80 Å². The molecule has 0 aliphatic carbocycles. The van der Waals surface area contributed by atoms with Crippen molar-refractivity contribution in [3.05, 3.63) is 70.0 Å². The third kappa shape index (κ3) is 4.07. The molecule has 9 nitrogen and oxygen atoms in total. The van der Waals surface area contributed by atoms with Gasteiger partial charge in [-0.15, -0.1) is 10.2 Å². The lowest BCUT2D eigenvalue weighted by Gasteiger charge is -2.12. The van der Waals surface area contributed by atoms with Crippen LogP contribution in [0.5, 0.6) is 0 Å². The molecule has 0 fully saturated rings. The van der Waals surface area contributed by atoms with Crippen molar-refractivity contribution in [2.75, 3.05) is 11.9 Å². The fraction of sp³-hybridized carbons (Fsp3) is 0.273. The van der Waals surface area contributed by atoms with Gasteiger partial charge in [0.1, 0.15) is 6.54 Å². The zero-order valence-corrected chi connectivity index (χ0v) is 17.5. The zero-order chi connectivity index (χ0) is 22.1. The molecule has 2 heterocycles. The van der Waals surface area contributed by atoms with E-state index in [1.54, 1.807) is 24.3 Å². The molecule has 2 aromatic carbocycles. The Morgan fingerprint density at radius 3 is 2.23 bits per heavy atom. The van der Waals surface area contributed by atoms with E-state index in [2.05, 4.69) is 20.7 Å². The van der Waals surface area contributed by atoms with Gasteiger partial charge in [0.05, 0.1) is 11.1 Å². The largest absolute Gasteiger partial charge is 0.324 e. The summed E-state index contributed by atoms with van der Waals surface area (Å²) in [7, 11) is 0. The summed E-state index contributed by atoms with van der Waals surface area (Å²) in [6.07, 6.45) is 0.253. The second kappa shape index (κ2) is 8.10. The number of carbonyl (C=O) groups excluding carboxylic acids is 3. The molecule has 1 aromatic heterocycles. The maximum absolute atomic E-state index is 12.4. The number of nitrogens with zero attached hydrogens (tertiary/aromatic N) is 5. The van der Waals surface area contributed by atoms with Crippen LogP contribution in [0.25, 0.3) is 0 Å². The fourth-order valence-corrected chi connectivity index (χ4v) is 3.78. The van der Waals surface area contributed by atoms with Crippen molar-refractivity contribution in [3.63, 3.8) is 0 Å². The molecule has 31 heavy (non-hydrogen) atoms. The van der Waals surface area contributed by atoms with Gasteiger partial charge in [0.15, 0.2) is 5.82 Å². The average Bonchev–Trinajstić information content (AvgIpc) is 3.26. The number of tetrazole rings is 1. The monoisotopic (exact) mass is 418 g/mol. The van der Waals surface area contributed by atoms with Crippen molar-refractivity contribution in [3.8, 4) is 0 Å². The minimum Gasteiger partial charge on any atom is -0.324 e. The molecule has 0 spiro atoms. The summed E-state index contributed by atoms with van der Waals surface area (Å²) >= 11 is 0. The van der Waals surface area contributed by atoms with Gasteiger partial charge in [0.25, 0.3) is 11.8 Å². The number of aromatic nitrogens is 4. The summed E-state index contributed by atoms with van der Waals surface area (Å²) in [5.41, 5.74) is 4.69. The zero-order valence-electron chi connectivity index (χ0n) is 17.5. The predicted octanol–water partition coefficient (Wildman–Crippen LogP) is 2.08. The third-order valence-corrected chi connectivity index (χ3v) is 5.16. The minimum atomic E-state index is -0.323. The normalized spacial score (nSPS) is 12.9. The molecule has 0 saturated carbocycles. The van der Waals surface area contributed by atoms with Gasteiger partial charge < -0.3 is 5.32 Å². The molecular weight excluding hydrogens is 396 g/mol. The predicted molar refractivity (Wildman–Crippen MR) is 113 cm³/mol. The fourth-order valence-electron chi connectivity index (χ4n) is 3.78. The van der Waals surface area contributed by atoms with E-state index < -0.39 is 0 Å². The number of hydrogen-bond acceptors (Lipinski definition) is 6. The Bertz CT molecular complexity index is 1140. The maximum atomic E-state index is 12.4. The average molecular weight is 418 g/mol. The Morgan fingerprint density at radius 2 is 1.61 bits per heavy atom. The maximum Gasteiger partial charge on any atom is 0.261 e. The Balaban J connectivity index is 1.36. The van der Waals surface area contributed by atoms with Gasteiger partial charge in [-0.25, -0.2) is 0 Å². The van der Waals surface area contributed by atoms with Gasteiger partial charge in [-0.3, -0.25) is 19.3 Å². The highest BCUT2D eigenvalue weighted by Crippen LogP contribution is 2.23. The molecule has 158 valence electrons. The van der Waals surface area contributed by atoms with Crippen LogP contribution in [0.15, 0.2) is 36.4 Å². The first-order valence-corrected chi connectivity index (χ1v) is 9.93. The van der Waals surface area contributed by atoms with Crippen molar-refractivity contribution in [1.29, 1.82) is 0 Å². The summed E-state index contributed by atoms with van der Waals surface area (Å²) in [4.78, 5) is 39.6. The first-order valence-electron chi connectivity index (χ1n) is 9.93. The number of aryl methyl sites for hydroxylation is 3. The smallest absolute Gasteiger partial charge is 0.261 e. The second-order valence-electron chi connectivity index (χ2n) is 7.62. The molecule has 0 bridgehead atoms. The summed E-state index contributed by atoms with van der Waals surface area (Å²) in [6.45, 7) is 5.95. The number of rotatable bonds is 6. The summed E-state index contributed by atoms with van der Waals surface area (Å²) < 4.78 is 0. The van der Waals surface area contributed by atoms with Gasteiger partial charge >= 0.3 is 0 Å². The lowest BCUT2D eigenvalue weighted by atomic mass is 10.1. The number of amides is 3. The number of nitrogens with one attached hydrogen (secondary N) is 1. The third-order valence-electron chi connectivity index (χ3n) is 5.16. The molecule has 3 aromatic rings. The topological polar surface area (TPSA) is 110 Å². The van der Waals surface area contributed by atoms with Crippen LogP contribution in [0.1, 0.15) is 43.2 Å². The number of anilines is 1. The van der Waals surface area contributed by atoms with E-state index in [9.17, 15) is 14.4 Å². The molecule has 0 atom stereocenters. The van der Waals surface area contributed by atoms with Crippen molar-refractivity contribution >= 4 is 23.4 Å². The Morgan fingerprint density at radius 1 is 1.00 bits per heavy atom. The van der Waals surface area contributed by atoms with Crippen LogP contribution in [-0.2, 0) is 17.8 Å². The molecule has 1 N–H and O–H groups in total. The van der Waals surface area contributed by atoms with Crippen LogP contribution in [0.3, 0.4) is 0 Å². The number of hydrogen-bond donors (Lipinski definition) is 1. The van der Waals surface area contributed by atoms with Crippen molar-refractivity contribution in [2.24, 2.45) is 0 Å². The Kier molecular flexibility index (Phi) is 5.33. The summed E-state index contributed by atoms with van der Waals surface area (Å²) in [5, 5.41) is 14.9. The first kappa shape index (κ1) is 20.4. The van der Waals surface area contributed by atoms with E-state index in [1.165, 1.54) is 9.70 Å². The van der Waals surface area contributed by atoms with E-state index in [0.29, 0.717) is 17.0 Å². The SMILES string of the molecule is Cc1cc(C)c(NC(=O)Cn2nnc(CCN3C(=O)c4ccccc4C3=O)n2)c(C)c1. The molecule has 1 aliphatic heterocycles. The lowest BCUT2D eigenvalue weighted by Crippen LogP contribution is -2.32. The highest BCUT2D eigenvalue weighted by molar-refractivity contribution is 6.21. The van der Waals surface area contributed by atoms with Gasteiger partial charge in [0, 0.05) is 18.7 Å². The number of imide groups is 1. The van der Waals surface area contributed by atoms with Crippen LogP contribution in [0.2, 0.25) is 0 Å². The Hall–Kier alpha value is -3.88. The lowest BCUT2D eigenvalue weighted by molar-refractivity contribution is -0.117. The highest BCUT2D eigenvalue weighted by Gasteiger charge is 2.34. The number of carbonyl (C=O) groups is 3. The molecule has 9 heteroatoms. The van der Waals surface area contributed by atoms with Crippen LogP contribution in [0.4, 0.5) is 5.69 Å². The van der Waals surface area contributed by atoms with Gasteiger partial charge in [0.2, 0.25) is 5.91 Å². The molecule has 0 unspecified atom stereocenters. The van der Waals surface area contributed by atoms with Gasteiger partial charge in [-0.05, 0) is 49.2 Å². The van der Waals surface area contributed by atoms with Crippen molar-refractivity contribution in [1.82, 2.24) is 25.1 Å².